The number of benzene rings is 3. The third-order valence-electron chi connectivity index (χ3n) is 6.72. The normalized spacial score (nSPS) is 16.1. The second-order valence-electron chi connectivity index (χ2n) is 9.55. The Morgan fingerprint density at radius 2 is 1.62 bits per heavy atom. The molecular formula is C30H29N3O6. The fourth-order valence-electron chi connectivity index (χ4n) is 4.67. The monoisotopic (exact) mass is 527 g/mol. The van der Waals surface area contributed by atoms with Crippen molar-refractivity contribution in [2.75, 3.05) is 29.9 Å². The Labute approximate surface area is 226 Å². The summed E-state index contributed by atoms with van der Waals surface area (Å²) < 4.78 is 11.6. The number of ether oxygens (including phenoxy) is 2. The second kappa shape index (κ2) is 11.0. The Kier molecular flexibility index (Phi) is 7.31. The van der Waals surface area contributed by atoms with E-state index in [1.807, 2.05) is 31.2 Å². The number of carbonyl (C=O) groups excluding carboxylic acids is 4. The van der Waals surface area contributed by atoms with Crippen LogP contribution in [0.4, 0.5) is 11.4 Å². The fraction of sp³-hybridized carbons (Fsp3) is 0.267. The fourth-order valence-corrected chi connectivity index (χ4v) is 4.67. The third kappa shape index (κ3) is 5.47. The maximum Gasteiger partial charge on any atom is 0.267 e. The quantitative estimate of drug-likeness (QED) is 0.418. The maximum absolute atomic E-state index is 12.8. The van der Waals surface area contributed by atoms with Crippen LogP contribution in [0.2, 0.25) is 0 Å². The lowest BCUT2D eigenvalue weighted by Gasteiger charge is -2.33. The molecule has 0 saturated carbocycles. The van der Waals surface area contributed by atoms with Gasteiger partial charge in [0.15, 0.2) is 6.10 Å². The number of anilines is 2. The topological polar surface area (TPSA) is 105 Å². The summed E-state index contributed by atoms with van der Waals surface area (Å²) in [6.45, 7) is 4.50. The lowest BCUT2D eigenvalue weighted by atomic mass is 10.1. The van der Waals surface area contributed by atoms with Crippen LogP contribution in [-0.2, 0) is 9.59 Å². The van der Waals surface area contributed by atoms with Crippen LogP contribution in [0.1, 0.15) is 46.0 Å². The Balaban J connectivity index is 1.16. The van der Waals surface area contributed by atoms with Gasteiger partial charge in [-0.25, -0.2) is 0 Å². The number of fused-ring (bicyclic) bond motifs is 2. The summed E-state index contributed by atoms with van der Waals surface area (Å²) in [5.41, 5.74) is 3.05. The van der Waals surface area contributed by atoms with E-state index in [0.29, 0.717) is 47.8 Å². The predicted molar refractivity (Wildman–Crippen MR) is 145 cm³/mol. The number of nitrogens with one attached hydrogen (secondary N) is 1. The van der Waals surface area contributed by atoms with Crippen LogP contribution in [-0.4, -0.2) is 54.3 Å². The lowest BCUT2D eigenvalue weighted by Crippen LogP contribution is -2.46. The van der Waals surface area contributed by atoms with Crippen molar-refractivity contribution in [2.24, 2.45) is 0 Å². The van der Waals surface area contributed by atoms with Crippen LogP contribution < -0.4 is 19.7 Å². The molecule has 39 heavy (non-hydrogen) atoms. The van der Waals surface area contributed by atoms with Crippen molar-refractivity contribution in [3.8, 4) is 11.5 Å². The number of rotatable bonds is 9. The molecule has 9 nitrogen and oxygen atoms in total. The van der Waals surface area contributed by atoms with Crippen molar-refractivity contribution in [3.63, 3.8) is 0 Å². The first-order valence-corrected chi connectivity index (χ1v) is 12.9. The zero-order chi connectivity index (χ0) is 27.5. The number of carbonyl (C=O) groups is 4. The number of hydrogen-bond acceptors (Lipinski definition) is 6. The van der Waals surface area contributed by atoms with Crippen molar-refractivity contribution in [1.82, 2.24) is 4.90 Å². The van der Waals surface area contributed by atoms with Crippen LogP contribution in [0.3, 0.4) is 0 Å². The molecular weight excluding hydrogens is 498 g/mol. The molecule has 1 atom stereocenters. The highest BCUT2D eigenvalue weighted by atomic mass is 16.5. The summed E-state index contributed by atoms with van der Waals surface area (Å²) in [6, 6.07) is 19.6. The molecule has 0 aromatic heterocycles. The van der Waals surface area contributed by atoms with Gasteiger partial charge >= 0.3 is 0 Å². The van der Waals surface area contributed by atoms with Crippen molar-refractivity contribution < 1.29 is 28.7 Å². The van der Waals surface area contributed by atoms with E-state index in [-0.39, 0.29) is 36.6 Å². The molecule has 5 rings (SSSR count). The number of imide groups is 1. The maximum atomic E-state index is 12.8. The average molecular weight is 528 g/mol. The second-order valence-corrected chi connectivity index (χ2v) is 9.55. The van der Waals surface area contributed by atoms with Gasteiger partial charge in [-0.05, 0) is 56.7 Å². The molecule has 1 unspecified atom stereocenters. The van der Waals surface area contributed by atoms with Gasteiger partial charge in [0.1, 0.15) is 18.1 Å². The summed E-state index contributed by atoms with van der Waals surface area (Å²) >= 11 is 0. The molecule has 3 aromatic rings. The molecule has 3 aromatic carbocycles. The van der Waals surface area contributed by atoms with Crippen molar-refractivity contribution in [2.45, 2.75) is 32.8 Å². The minimum atomic E-state index is -0.678. The first-order chi connectivity index (χ1) is 18.8. The Morgan fingerprint density at radius 1 is 0.923 bits per heavy atom. The summed E-state index contributed by atoms with van der Waals surface area (Å²) in [7, 11) is 0. The van der Waals surface area contributed by atoms with E-state index in [2.05, 4.69) is 5.32 Å². The van der Waals surface area contributed by atoms with Gasteiger partial charge in [-0.3, -0.25) is 24.1 Å². The largest absolute Gasteiger partial charge is 0.492 e. The average Bonchev–Trinajstić information content (AvgIpc) is 3.17. The molecule has 4 amide bonds. The minimum absolute atomic E-state index is 0.128. The third-order valence-corrected chi connectivity index (χ3v) is 6.72. The van der Waals surface area contributed by atoms with E-state index < -0.39 is 6.10 Å². The van der Waals surface area contributed by atoms with Crippen LogP contribution in [0.5, 0.6) is 11.5 Å². The minimum Gasteiger partial charge on any atom is -0.492 e. The van der Waals surface area contributed by atoms with Crippen LogP contribution in [0, 0.1) is 6.92 Å². The molecule has 200 valence electrons. The van der Waals surface area contributed by atoms with E-state index >= 15 is 0 Å². The van der Waals surface area contributed by atoms with Crippen LogP contribution >= 0.6 is 0 Å². The molecule has 0 radical (unpaired) electrons. The highest BCUT2D eigenvalue weighted by Crippen LogP contribution is 2.36. The van der Waals surface area contributed by atoms with Gasteiger partial charge in [-0.1, -0.05) is 29.8 Å². The summed E-state index contributed by atoms with van der Waals surface area (Å²) in [5.74, 6) is 0.132. The van der Waals surface area contributed by atoms with Crippen molar-refractivity contribution in [3.05, 3.63) is 83.4 Å². The van der Waals surface area contributed by atoms with Gasteiger partial charge < -0.3 is 19.7 Å². The molecule has 9 heteroatoms. The number of hydrogen-bond donors (Lipinski definition) is 1. The van der Waals surface area contributed by atoms with Gasteiger partial charge in [0.25, 0.3) is 17.7 Å². The molecule has 0 spiro atoms. The summed E-state index contributed by atoms with van der Waals surface area (Å²) in [4.78, 5) is 53.2. The van der Waals surface area contributed by atoms with Gasteiger partial charge in [0.2, 0.25) is 5.91 Å². The first-order valence-electron chi connectivity index (χ1n) is 12.9. The van der Waals surface area contributed by atoms with Gasteiger partial charge in [-0.2, -0.15) is 0 Å². The van der Waals surface area contributed by atoms with Crippen molar-refractivity contribution in [1.29, 1.82) is 0 Å². The van der Waals surface area contributed by atoms with E-state index in [1.54, 1.807) is 54.3 Å². The standard InChI is InChI=1S/C30H29N3O6/c1-19-9-12-22(13-10-19)38-17-16-32-25-14-11-21(18-26(25)39-20(2)28(32)35)31-27(34)8-5-15-33-29(36)23-6-3-4-7-24(23)30(33)37/h3-4,6-7,9-14,18,20H,5,8,15-17H2,1-2H3,(H,31,34). The van der Waals surface area contributed by atoms with Gasteiger partial charge in [0, 0.05) is 24.7 Å². The molecule has 0 bridgehead atoms. The Hall–Kier alpha value is -4.66. The number of aryl methyl sites for hydroxylation is 1. The lowest BCUT2D eigenvalue weighted by molar-refractivity contribution is -0.125. The molecule has 0 fully saturated rings. The number of amides is 4. The van der Waals surface area contributed by atoms with E-state index in [9.17, 15) is 19.2 Å². The molecule has 2 aliphatic heterocycles. The van der Waals surface area contributed by atoms with E-state index in [0.717, 1.165) is 11.3 Å². The predicted octanol–water partition coefficient (Wildman–Crippen LogP) is 4.20. The Bertz CT molecular complexity index is 1400. The van der Waals surface area contributed by atoms with Crippen LogP contribution in [0.15, 0.2) is 66.7 Å². The van der Waals surface area contributed by atoms with Gasteiger partial charge in [0.05, 0.1) is 23.4 Å². The van der Waals surface area contributed by atoms with Crippen molar-refractivity contribution >= 4 is 35.0 Å². The van der Waals surface area contributed by atoms with E-state index in [4.69, 9.17) is 9.47 Å². The smallest absolute Gasteiger partial charge is 0.267 e. The SMILES string of the molecule is Cc1ccc(OCCN2C(=O)C(C)Oc3cc(NC(=O)CCCN4C(=O)c5ccccc5C4=O)ccc32)cc1. The number of nitrogens with zero attached hydrogens (tertiary/aromatic N) is 2. The highest BCUT2D eigenvalue weighted by molar-refractivity contribution is 6.21. The van der Waals surface area contributed by atoms with Crippen LogP contribution in [0.25, 0.3) is 0 Å². The summed E-state index contributed by atoms with van der Waals surface area (Å²) in [6.07, 6.45) is -0.218. The molecule has 2 heterocycles. The molecule has 0 saturated heterocycles. The zero-order valence-electron chi connectivity index (χ0n) is 21.8. The first kappa shape index (κ1) is 26.0. The highest BCUT2D eigenvalue weighted by Gasteiger charge is 2.35. The van der Waals surface area contributed by atoms with E-state index in [1.165, 1.54) is 4.90 Å². The Morgan fingerprint density at radius 3 is 2.31 bits per heavy atom. The molecule has 0 aliphatic carbocycles. The van der Waals surface area contributed by atoms with Gasteiger partial charge in [-0.15, -0.1) is 0 Å². The molecule has 2 aliphatic rings. The molecule has 1 N–H and O–H groups in total. The zero-order valence-corrected chi connectivity index (χ0v) is 21.8. The summed E-state index contributed by atoms with van der Waals surface area (Å²) in [5, 5.41) is 2.83.